The number of nitrogens with two attached hydrogens (primary N) is 1. The fourth-order valence-electron chi connectivity index (χ4n) is 1.72. The van der Waals surface area contributed by atoms with E-state index in [-0.39, 0.29) is 5.41 Å². The Morgan fingerprint density at radius 3 is 1.94 bits per heavy atom. The van der Waals surface area contributed by atoms with Gasteiger partial charge in [-0.1, -0.05) is 45.0 Å². The molecule has 18 heavy (non-hydrogen) atoms. The molecule has 0 amide bonds. The van der Waals surface area contributed by atoms with Crippen LogP contribution in [0.5, 0.6) is 0 Å². The molecule has 0 fully saturated rings. The van der Waals surface area contributed by atoms with Gasteiger partial charge in [-0.15, -0.1) is 0 Å². The summed E-state index contributed by atoms with van der Waals surface area (Å²) in [5.74, 6) is 5.19. The van der Waals surface area contributed by atoms with Gasteiger partial charge >= 0.3 is 6.18 Å². The van der Waals surface area contributed by atoms with Gasteiger partial charge in [0, 0.05) is 0 Å². The van der Waals surface area contributed by atoms with Gasteiger partial charge in [0.15, 0.2) is 0 Å². The zero-order chi connectivity index (χ0) is 14.0. The quantitative estimate of drug-likeness (QED) is 0.645. The van der Waals surface area contributed by atoms with Crippen molar-refractivity contribution in [3.63, 3.8) is 0 Å². The van der Waals surface area contributed by atoms with E-state index < -0.39 is 18.6 Å². The number of hydrogen-bond donors (Lipinski definition) is 2. The molecule has 5 heteroatoms. The van der Waals surface area contributed by atoms with E-state index in [1.54, 1.807) is 12.1 Å². The molecule has 3 N–H and O–H groups in total. The maximum Gasteiger partial charge on any atom is 0.390 e. The molecule has 0 saturated carbocycles. The molecule has 0 aliphatic rings. The molecule has 0 bridgehead atoms. The molecule has 0 aliphatic heterocycles. The van der Waals surface area contributed by atoms with Crippen LogP contribution in [0.4, 0.5) is 13.2 Å². The Morgan fingerprint density at radius 1 is 1.11 bits per heavy atom. The summed E-state index contributed by atoms with van der Waals surface area (Å²) in [6.45, 7) is 6.16. The molecule has 1 atom stereocenters. The fraction of sp³-hybridized carbons (Fsp3) is 0.538. The second-order valence-corrected chi connectivity index (χ2v) is 5.41. The molecule has 1 unspecified atom stereocenters. The van der Waals surface area contributed by atoms with Gasteiger partial charge in [0.25, 0.3) is 0 Å². The summed E-state index contributed by atoms with van der Waals surface area (Å²) in [6.07, 6.45) is -5.21. The van der Waals surface area contributed by atoms with Crippen LogP contribution in [0.2, 0.25) is 0 Å². The van der Waals surface area contributed by atoms with Crippen LogP contribution in [0, 0.1) is 0 Å². The Balaban J connectivity index is 2.89. The van der Waals surface area contributed by atoms with E-state index in [1.807, 2.05) is 12.1 Å². The molecule has 1 aromatic rings. The number of hydrazine groups is 1. The highest BCUT2D eigenvalue weighted by molar-refractivity contribution is 5.29. The molecule has 0 heterocycles. The van der Waals surface area contributed by atoms with Crippen LogP contribution < -0.4 is 11.3 Å². The van der Waals surface area contributed by atoms with Gasteiger partial charge in [0.05, 0.1) is 12.5 Å². The smallest absolute Gasteiger partial charge is 0.271 e. The van der Waals surface area contributed by atoms with Crippen LogP contribution in [-0.4, -0.2) is 6.18 Å². The lowest BCUT2D eigenvalue weighted by atomic mass is 9.86. The zero-order valence-corrected chi connectivity index (χ0v) is 10.8. The first-order valence-corrected chi connectivity index (χ1v) is 5.77. The van der Waals surface area contributed by atoms with E-state index in [0.717, 1.165) is 5.56 Å². The van der Waals surface area contributed by atoms with Crippen LogP contribution in [0.1, 0.15) is 44.4 Å². The van der Waals surface area contributed by atoms with Crippen LogP contribution in [0.15, 0.2) is 24.3 Å². The van der Waals surface area contributed by atoms with E-state index >= 15 is 0 Å². The zero-order valence-electron chi connectivity index (χ0n) is 10.8. The highest BCUT2D eigenvalue weighted by Crippen LogP contribution is 2.30. The van der Waals surface area contributed by atoms with E-state index in [4.69, 9.17) is 5.84 Å². The van der Waals surface area contributed by atoms with Crippen molar-refractivity contribution in [3.8, 4) is 0 Å². The van der Waals surface area contributed by atoms with Gasteiger partial charge < -0.3 is 0 Å². The molecule has 0 radical (unpaired) electrons. The van der Waals surface area contributed by atoms with Gasteiger partial charge in [-0.3, -0.25) is 11.3 Å². The number of halogens is 3. The molecule has 102 valence electrons. The topological polar surface area (TPSA) is 38.0 Å². The predicted molar refractivity (Wildman–Crippen MR) is 65.9 cm³/mol. The van der Waals surface area contributed by atoms with Crippen molar-refractivity contribution >= 4 is 0 Å². The molecule has 0 spiro atoms. The summed E-state index contributed by atoms with van der Waals surface area (Å²) in [5.41, 5.74) is 3.82. The third kappa shape index (κ3) is 4.31. The maximum atomic E-state index is 12.4. The largest absolute Gasteiger partial charge is 0.390 e. The molecule has 2 nitrogen and oxygen atoms in total. The van der Waals surface area contributed by atoms with Crippen molar-refractivity contribution in [2.24, 2.45) is 5.84 Å². The third-order valence-electron chi connectivity index (χ3n) is 2.82. The Kier molecular flexibility index (Phi) is 4.40. The van der Waals surface area contributed by atoms with Crippen molar-refractivity contribution in [1.29, 1.82) is 0 Å². The minimum atomic E-state index is -4.24. The number of rotatable bonds is 3. The minimum absolute atomic E-state index is 0.0196. The predicted octanol–water partition coefficient (Wildman–Crippen LogP) is 3.44. The Hall–Kier alpha value is -1.07. The van der Waals surface area contributed by atoms with Gasteiger partial charge in [0.2, 0.25) is 0 Å². The molecule has 1 rings (SSSR count). The Morgan fingerprint density at radius 2 is 1.61 bits per heavy atom. The van der Waals surface area contributed by atoms with E-state index in [1.165, 1.54) is 0 Å². The summed E-state index contributed by atoms with van der Waals surface area (Å²) >= 11 is 0. The second kappa shape index (κ2) is 5.28. The van der Waals surface area contributed by atoms with Crippen LogP contribution in [0.25, 0.3) is 0 Å². The molecular weight excluding hydrogens is 241 g/mol. The first kappa shape index (κ1) is 15.0. The molecule has 0 aliphatic carbocycles. The van der Waals surface area contributed by atoms with Crippen molar-refractivity contribution in [3.05, 3.63) is 35.4 Å². The van der Waals surface area contributed by atoms with Crippen molar-refractivity contribution in [1.82, 2.24) is 5.43 Å². The van der Waals surface area contributed by atoms with Gasteiger partial charge in [0.1, 0.15) is 0 Å². The minimum Gasteiger partial charge on any atom is -0.271 e. The third-order valence-corrected chi connectivity index (χ3v) is 2.82. The molecule has 1 aromatic carbocycles. The van der Waals surface area contributed by atoms with Crippen molar-refractivity contribution in [2.75, 3.05) is 0 Å². The van der Waals surface area contributed by atoms with E-state index in [0.29, 0.717) is 5.56 Å². The second-order valence-electron chi connectivity index (χ2n) is 5.41. The normalized spacial score (nSPS) is 14.6. The summed E-state index contributed by atoms with van der Waals surface area (Å²) in [5, 5.41) is 0. The average molecular weight is 260 g/mol. The monoisotopic (exact) mass is 260 g/mol. The molecule has 0 saturated heterocycles. The lowest BCUT2D eigenvalue weighted by Crippen LogP contribution is -2.31. The van der Waals surface area contributed by atoms with Gasteiger partial charge in [-0.05, 0) is 16.5 Å². The van der Waals surface area contributed by atoms with Crippen LogP contribution >= 0.6 is 0 Å². The van der Waals surface area contributed by atoms with E-state index in [9.17, 15) is 13.2 Å². The Bertz CT molecular complexity index is 377. The lowest BCUT2D eigenvalue weighted by molar-refractivity contribution is -0.140. The van der Waals surface area contributed by atoms with Crippen molar-refractivity contribution in [2.45, 2.75) is 44.8 Å². The number of benzene rings is 1. The number of hydrogen-bond acceptors (Lipinski definition) is 2. The van der Waals surface area contributed by atoms with E-state index in [2.05, 4.69) is 26.2 Å². The standard InChI is InChI=1S/C13H19F3N2/c1-12(2,3)10-6-4-9(5-7-10)11(18-17)8-13(14,15)16/h4-7,11,18H,8,17H2,1-3H3. The number of alkyl halides is 3. The summed E-state index contributed by atoms with van der Waals surface area (Å²) in [6, 6.07) is 6.17. The highest BCUT2D eigenvalue weighted by atomic mass is 19.4. The summed E-state index contributed by atoms with van der Waals surface area (Å²) in [7, 11) is 0. The first-order chi connectivity index (χ1) is 8.13. The lowest BCUT2D eigenvalue weighted by Gasteiger charge is -2.22. The molecular formula is C13H19F3N2. The van der Waals surface area contributed by atoms with Gasteiger partial charge in [-0.2, -0.15) is 13.2 Å². The highest BCUT2D eigenvalue weighted by Gasteiger charge is 2.32. The SMILES string of the molecule is CC(C)(C)c1ccc(C(CC(F)(F)F)NN)cc1. The van der Waals surface area contributed by atoms with Crippen molar-refractivity contribution < 1.29 is 13.2 Å². The fourth-order valence-corrected chi connectivity index (χ4v) is 1.72. The number of nitrogens with one attached hydrogen (secondary N) is 1. The molecule has 0 aromatic heterocycles. The summed E-state index contributed by atoms with van der Waals surface area (Å²) < 4.78 is 37.1. The average Bonchev–Trinajstić information content (AvgIpc) is 2.24. The Labute approximate surface area is 105 Å². The van der Waals surface area contributed by atoms with Crippen LogP contribution in [0.3, 0.4) is 0 Å². The van der Waals surface area contributed by atoms with Crippen LogP contribution in [-0.2, 0) is 5.41 Å². The van der Waals surface area contributed by atoms with Gasteiger partial charge in [-0.25, -0.2) is 0 Å². The first-order valence-electron chi connectivity index (χ1n) is 5.77. The maximum absolute atomic E-state index is 12.4. The summed E-state index contributed by atoms with van der Waals surface area (Å²) in [4.78, 5) is 0.